The van der Waals surface area contributed by atoms with Gasteiger partial charge in [-0.2, -0.15) is 0 Å². The molecule has 0 saturated carbocycles. The Labute approximate surface area is 398 Å². The van der Waals surface area contributed by atoms with E-state index in [9.17, 15) is 14.4 Å². The summed E-state index contributed by atoms with van der Waals surface area (Å²) in [7, 11) is 0. The van der Waals surface area contributed by atoms with Gasteiger partial charge in [0.25, 0.3) is 0 Å². The van der Waals surface area contributed by atoms with Gasteiger partial charge in [0.1, 0.15) is 13.2 Å². The first-order chi connectivity index (χ1) is 32.0. The van der Waals surface area contributed by atoms with Gasteiger partial charge in [-0.1, -0.05) is 231 Å². The van der Waals surface area contributed by atoms with Crippen molar-refractivity contribution in [3.8, 4) is 0 Å². The summed E-state index contributed by atoms with van der Waals surface area (Å²) in [6.45, 7) is 6.24. The normalized spacial score (nSPS) is 13.2. The number of hydrogen-bond donors (Lipinski definition) is 0. The van der Waals surface area contributed by atoms with Gasteiger partial charge in [0.05, 0.1) is 6.42 Å². The molecule has 0 N–H and O–H groups in total. The predicted octanol–water partition coefficient (Wildman–Crippen LogP) is 17.1. The van der Waals surface area contributed by atoms with E-state index in [1.165, 1.54) is 64.2 Å². The summed E-state index contributed by atoms with van der Waals surface area (Å²) in [6.07, 6.45) is 73.3. The molecule has 0 rings (SSSR count). The maximum absolute atomic E-state index is 12.7. The average Bonchev–Trinajstić information content (AvgIpc) is 3.30. The molecule has 6 heteroatoms. The maximum Gasteiger partial charge on any atom is 0.310 e. The van der Waals surface area contributed by atoms with Gasteiger partial charge in [0.15, 0.2) is 6.10 Å². The molecule has 0 bridgehead atoms. The standard InChI is InChI=1S/C59H92O6/c1-4-7-10-13-16-19-22-25-27-28-29-30-32-34-37-40-43-46-49-52-58(61)64-55-56(54-63-57(60)51-48-45-42-39-36-33-24-21-18-15-12-9-6-3)65-59(62)53-50-47-44-41-38-35-31-26-23-20-17-14-11-8-5-2/h7-8,10-11,16-17,19-20,25-27,29-31,34,37-38,41,43,46-47,50,56H,4-6,9,12-15,18,21-24,28,32-33,35-36,39-40,42,44-45,48-49,51-55H2,1-3H3/b10-7-,11-8-,19-16-,20-17-,27-25-,30-29-,31-26-,37-34-,41-38-,46-43-,50-47-. The van der Waals surface area contributed by atoms with Crippen LogP contribution in [0.2, 0.25) is 0 Å². The first-order valence-corrected chi connectivity index (χ1v) is 25.7. The number of unbranched alkanes of at least 4 members (excludes halogenated alkanes) is 12. The van der Waals surface area contributed by atoms with E-state index in [-0.39, 0.29) is 38.0 Å². The molecular weight excluding hydrogens is 805 g/mol. The first kappa shape index (κ1) is 60.5. The second kappa shape index (κ2) is 52.2. The maximum atomic E-state index is 12.7. The molecule has 0 fully saturated rings. The highest BCUT2D eigenvalue weighted by Crippen LogP contribution is 2.14. The summed E-state index contributed by atoms with van der Waals surface area (Å²) in [5.74, 6) is -1.17. The summed E-state index contributed by atoms with van der Waals surface area (Å²) in [5.41, 5.74) is 0. The van der Waals surface area contributed by atoms with E-state index in [0.29, 0.717) is 19.3 Å². The van der Waals surface area contributed by atoms with Crippen molar-refractivity contribution >= 4 is 17.9 Å². The van der Waals surface area contributed by atoms with E-state index in [1.807, 2.05) is 18.2 Å². The van der Waals surface area contributed by atoms with E-state index in [2.05, 4.69) is 130 Å². The van der Waals surface area contributed by atoms with E-state index in [4.69, 9.17) is 14.2 Å². The molecule has 0 aromatic carbocycles. The van der Waals surface area contributed by atoms with E-state index < -0.39 is 12.1 Å². The largest absolute Gasteiger partial charge is 0.462 e. The van der Waals surface area contributed by atoms with Crippen molar-refractivity contribution in [3.05, 3.63) is 134 Å². The lowest BCUT2D eigenvalue weighted by Crippen LogP contribution is -2.30. The molecule has 1 atom stereocenters. The topological polar surface area (TPSA) is 78.9 Å². The molecule has 364 valence electrons. The molecule has 0 aliphatic heterocycles. The molecular formula is C59H92O6. The Morgan fingerprint density at radius 1 is 0.338 bits per heavy atom. The van der Waals surface area contributed by atoms with Gasteiger partial charge in [-0.05, 0) is 83.5 Å². The second-order valence-electron chi connectivity index (χ2n) is 16.3. The molecule has 65 heavy (non-hydrogen) atoms. The van der Waals surface area contributed by atoms with E-state index in [1.54, 1.807) is 6.08 Å². The summed E-state index contributed by atoms with van der Waals surface area (Å²) in [4.78, 5) is 37.9. The highest BCUT2D eigenvalue weighted by molar-refractivity contribution is 5.72. The molecule has 0 spiro atoms. The zero-order valence-corrected chi connectivity index (χ0v) is 41.4. The monoisotopic (exact) mass is 897 g/mol. The highest BCUT2D eigenvalue weighted by Gasteiger charge is 2.19. The zero-order chi connectivity index (χ0) is 47.2. The third-order valence-electron chi connectivity index (χ3n) is 10.2. The van der Waals surface area contributed by atoms with Crippen molar-refractivity contribution in [1.82, 2.24) is 0 Å². The second-order valence-corrected chi connectivity index (χ2v) is 16.3. The minimum absolute atomic E-state index is 0.0769. The Balaban J connectivity index is 4.63. The van der Waals surface area contributed by atoms with Gasteiger partial charge in [0, 0.05) is 12.8 Å². The molecule has 0 aliphatic rings. The van der Waals surface area contributed by atoms with Gasteiger partial charge in [0.2, 0.25) is 0 Å². The van der Waals surface area contributed by atoms with Crippen LogP contribution >= 0.6 is 0 Å². The predicted molar refractivity (Wildman–Crippen MR) is 279 cm³/mol. The van der Waals surface area contributed by atoms with Crippen molar-refractivity contribution in [1.29, 1.82) is 0 Å². The Hall–Kier alpha value is -4.45. The third-order valence-corrected chi connectivity index (χ3v) is 10.2. The van der Waals surface area contributed by atoms with Crippen molar-refractivity contribution < 1.29 is 28.6 Å². The highest BCUT2D eigenvalue weighted by atomic mass is 16.6. The van der Waals surface area contributed by atoms with Crippen LogP contribution < -0.4 is 0 Å². The van der Waals surface area contributed by atoms with Crippen molar-refractivity contribution in [2.75, 3.05) is 13.2 Å². The van der Waals surface area contributed by atoms with Gasteiger partial charge in [-0.25, -0.2) is 0 Å². The number of carbonyl (C=O) groups is 3. The number of allylic oxidation sites excluding steroid dienone is 21. The van der Waals surface area contributed by atoms with Crippen LogP contribution in [0.4, 0.5) is 0 Å². The molecule has 1 unspecified atom stereocenters. The molecule has 0 amide bonds. The number of rotatable bonds is 44. The van der Waals surface area contributed by atoms with Crippen LogP contribution in [0.15, 0.2) is 134 Å². The molecule has 0 aliphatic carbocycles. The first-order valence-electron chi connectivity index (χ1n) is 25.7. The average molecular weight is 897 g/mol. The lowest BCUT2D eigenvalue weighted by Gasteiger charge is -2.18. The summed E-state index contributed by atoms with van der Waals surface area (Å²) >= 11 is 0. The quantitative estimate of drug-likeness (QED) is 0.0262. The third kappa shape index (κ3) is 50.4. The fourth-order valence-electron chi connectivity index (χ4n) is 6.42. The van der Waals surface area contributed by atoms with Crippen LogP contribution in [-0.2, 0) is 28.6 Å². The Morgan fingerprint density at radius 3 is 1.02 bits per heavy atom. The van der Waals surface area contributed by atoms with Crippen LogP contribution in [0.25, 0.3) is 0 Å². The van der Waals surface area contributed by atoms with E-state index in [0.717, 1.165) is 83.5 Å². The van der Waals surface area contributed by atoms with Gasteiger partial charge in [-0.3, -0.25) is 14.4 Å². The molecule has 0 aromatic rings. The number of hydrogen-bond acceptors (Lipinski definition) is 6. The molecule has 6 nitrogen and oxygen atoms in total. The fourth-order valence-corrected chi connectivity index (χ4v) is 6.42. The van der Waals surface area contributed by atoms with Gasteiger partial charge in [-0.15, -0.1) is 0 Å². The number of esters is 3. The van der Waals surface area contributed by atoms with Crippen molar-refractivity contribution in [3.63, 3.8) is 0 Å². The van der Waals surface area contributed by atoms with Crippen molar-refractivity contribution in [2.45, 2.75) is 207 Å². The van der Waals surface area contributed by atoms with Crippen LogP contribution in [0.1, 0.15) is 201 Å². The van der Waals surface area contributed by atoms with Crippen molar-refractivity contribution in [2.24, 2.45) is 0 Å². The van der Waals surface area contributed by atoms with Crippen LogP contribution in [0.3, 0.4) is 0 Å². The molecule has 0 heterocycles. The van der Waals surface area contributed by atoms with Crippen LogP contribution in [-0.4, -0.2) is 37.2 Å². The van der Waals surface area contributed by atoms with Crippen LogP contribution in [0.5, 0.6) is 0 Å². The van der Waals surface area contributed by atoms with Gasteiger partial charge >= 0.3 is 17.9 Å². The summed E-state index contributed by atoms with van der Waals surface area (Å²) in [6, 6.07) is 0. The molecule has 0 aromatic heterocycles. The smallest absolute Gasteiger partial charge is 0.310 e. The Kier molecular flexibility index (Phi) is 48.6. The SMILES string of the molecule is CC/C=C\C/C=C\C/C=C\C/C=C\C/C=C\C/C=C\CCC(=O)OCC(COC(=O)CCCCCCCCCCCCCCC)OC(=O)C/C=C\C/C=C\C/C=C\C/C=C\C/C=C\CC. The van der Waals surface area contributed by atoms with Crippen LogP contribution in [0, 0.1) is 0 Å². The summed E-state index contributed by atoms with van der Waals surface area (Å²) in [5, 5.41) is 0. The van der Waals surface area contributed by atoms with Gasteiger partial charge < -0.3 is 14.2 Å². The lowest BCUT2D eigenvalue weighted by atomic mass is 10.0. The fraction of sp³-hybridized carbons (Fsp3) is 0.576. The minimum Gasteiger partial charge on any atom is -0.462 e. The Morgan fingerprint density at radius 2 is 0.646 bits per heavy atom. The number of ether oxygens (including phenoxy) is 3. The minimum atomic E-state index is -0.865. The lowest BCUT2D eigenvalue weighted by molar-refractivity contribution is -0.166. The zero-order valence-electron chi connectivity index (χ0n) is 41.4. The van der Waals surface area contributed by atoms with E-state index >= 15 is 0 Å². The molecule has 0 radical (unpaired) electrons. The number of carbonyl (C=O) groups excluding carboxylic acids is 3. The summed E-state index contributed by atoms with van der Waals surface area (Å²) < 4.78 is 16.6. The molecule has 0 saturated heterocycles. The Bertz CT molecular complexity index is 1450.